The molecule has 1 fully saturated rings. The molecule has 1 saturated heterocycles. The maximum absolute atomic E-state index is 14.1. The average molecular weight is 559 g/mol. The van der Waals surface area contributed by atoms with Crippen molar-refractivity contribution in [2.45, 2.75) is 50.2 Å². The Morgan fingerprint density at radius 1 is 0.878 bits per heavy atom. The Labute approximate surface area is 243 Å². The Hall–Kier alpha value is -3.75. The fourth-order valence-corrected chi connectivity index (χ4v) is 5.41. The van der Waals surface area contributed by atoms with E-state index in [0.717, 1.165) is 47.7 Å². The number of nitrogens with zero attached hydrogens (tertiary/aromatic N) is 2. The number of fused-ring (bicyclic) bond motifs is 1. The summed E-state index contributed by atoms with van der Waals surface area (Å²) in [5, 5.41) is 8.30. The van der Waals surface area contributed by atoms with Crippen molar-refractivity contribution in [1.29, 1.82) is 0 Å². The van der Waals surface area contributed by atoms with Gasteiger partial charge in [0.15, 0.2) is 0 Å². The van der Waals surface area contributed by atoms with Crippen molar-refractivity contribution in [1.82, 2.24) is 20.4 Å². The van der Waals surface area contributed by atoms with Gasteiger partial charge < -0.3 is 25.2 Å². The summed E-state index contributed by atoms with van der Waals surface area (Å²) in [6.45, 7) is 1.31. The molecule has 8 heteroatoms. The van der Waals surface area contributed by atoms with Gasteiger partial charge in [-0.1, -0.05) is 79.2 Å². The SMILES string of the molecule is CNC(=O)[C@@H](Cc1ccccc1)N(C)C(=O)[C@H](Cc1ccc2ccccc2c1)N(C)C(=O)COCC1CCCCN1. The molecule has 1 aliphatic heterocycles. The number of hydrogen-bond acceptors (Lipinski definition) is 5. The Morgan fingerprint density at radius 2 is 1.59 bits per heavy atom. The number of nitrogens with one attached hydrogen (secondary N) is 2. The van der Waals surface area contributed by atoms with Crippen LogP contribution in [0.15, 0.2) is 72.8 Å². The van der Waals surface area contributed by atoms with Crippen molar-refractivity contribution in [3.8, 4) is 0 Å². The normalized spacial score (nSPS) is 16.5. The average Bonchev–Trinajstić information content (AvgIpc) is 3.02. The van der Waals surface area contributed by atoms with E-state index in [9.17, 15) is 14.4 Å². The minimum absolute atomic E-state index is 0.108. The van der Waals surface area contributed by atoms with E-state index >= 15 is 0 Å². The monoisotopic (exact) mass is 558 g/mol. The van der Waals surface area contributed by atoms with E-state index in [0.29, 0.717) is 19.4 Å². The molecule has 218 valence electrons. The van der Waals surface area contributed by atoms with Crippen molar-refractivity contribution in [3.63, 3.8) is 0 Å². The summed E-state index contributed by atoms with van der Waals surface area (Å²) in [6, 6.07) is 22.4. The van der Waals surface area contributed by atoms with Crippen molar-refractivity contribution in [2.24, 2.45) is 0 Å². The second kappa shape index (κ2) is 14.8. The van der Waals surface area contributed by atoms with E-state index in [4.69, 9.17) is 4.74 Å². The molecule has 2 N–H and O–H groups in total. The molecule has 41 heavy (non-hydrogen) atoms. The number of benzene rings is 3. The third-order valence-electron chi connectivity index (χ3n) is 7.98. The highest BCUT2D eigenvalue weighted by Gasteiger charge is 2.35. The minimum Gasteiger partial charge on any atom is -0.370 e. The van der Waals surface area contributed by atoms with Gasteiger partial charge in [0.05, 0.1) is 6.61 Å². The topological polar surface area (TPSA) is 91.0 Å². The lowest BCUT2D eigenvalue weighted by atomic mass is 9.98. The summed E-state index contributed by atoms with van der Waals surface area (Å²) in [6.07, 6.45) is 4.01. The van der Waals surface area contributed by atoms with Gasteiger partial charge in [0.2, 0.25) is 17.7 Å². The molecular weight excluding hydrogens is 516 g/mol. The highest BCUT2D eigenvalue weighted by Crippen LogP contribution is 2.20. The molecule has 3 amide bonds. The number of hydrogen-bond donors (Lipinski definition) is 2. The maximum atomic E-state index is 14.1. The van der Waals surface area contributed by atoms with Gasteiger partial charge >= 0.3 is 0 Å². The van der Waals surface area contributed by atoms with Gasteiger partial charge in [-0.25, -0.2) is 0 Å². The Morgan fingerprint density at radius 3 is 2.29 bits per heavy atom. The first kappa shape index (κ1) is 30.2. The van der Waals surface area contributed by atoms with Gasteiger partial charge in [-0.2, -0.15) is 0 Å². The van der Waals surface area contributed by atoms with Crippen LogP contribution < -0.4 is 10.6 Å². The van der Waals surface area contributed by atoms with E-state index in [2.05, 4.69) is 16.7 Å². The summed E-state index contributed by atoms with van der Waals surface area (Å²) >= 11 is 0. The second-order valence-electron chi connectivity index (χ2n) is 10.8. The van der Waals surface area contributed by atoms with Gasteiger partial charge in [0.1, 0.15) is 18.7 Å². The number of carbonyl (C=O) groups is 3. The van der Waals surface area contributed by atoms with Crippen molar-refractivity contribution < 1.29 is 19.1 Å². The first-order valence-corrected chi connectivity index (χ1v) is 14.4. The van der Waals surface area contributed by atoms with E-state index in [1.54, 1.807) is 21.1 Å². The Kier molecular flexibility index (Phi) is 10.9. The lowest BCUT2D eigenvalue weighted by molar-refractivity contribution is -0.149. The molecule has 1 unspecified atom stereocenters. The highest BCUT2D eigenvalue weighted by atomic mass is 16.5. The van der Waals surface area contributed by atoms with Gasteiger partial charge in [-0.05, 0) is 41.3 Å². The van der Waals surface area contributed by atoms with Crippen LogP contribution in [-0.2, 0) is 32.0 Å². The molecule has 0 aromatic heterocycles. The number of piperidine rings is 1. The van der Waals surface area contributed by atoms with E-state index in [-0.39, 0.29) is 30.4 Å². The largest absolute Gasteiger partial charge is 0.370 e. The number of ether oxygens (including phenoxy) is 1. The lowest BCUT2D eigenvalue weighted by Crippen LogP contribution is -2.56. The van der Waals surface area contributed by atoms with Crippen LogP contribution in [0.3, 0.4) is 0 Å². The van der Waals surface area contributed by atoms with Gasteiger partial charge in [-0.15, -0.1) is 0 Å². The van der Waals surface area contributed by atoms with Crippen LogP contribution in [-0.4, -0.2) is 86.5 Å². The summed E-state index contributed by atoms with van der Waals surface area (Å²) in [5.41, 5.74) is 1.88. The van der Waals surface area contributed by atoms with Crippen LogP contribution in [0.2, 0.25) is 0 Å². The molecule has 1 aliphatic rings. The molecule has 1 heterocycles. The zero-order valence-corrected chi connectivity index (χ0v) is 24.3. The minimum atomic E-state index is -0.812. The molecule has 3 aromatic rings. The quantitative estimate of drug-likeness (QED) is 0.356. The van der Waals surface area contributed by atoms with Gasteiger partial charge in [0.25, 0.3) is 0 Å². The highest BCUT2D eigenvalue weighted by molar-refractivity contribution is 5.92. The molecule has 4 rings (SSSR count). The summed E-state index contributed by atoms with van der Waals surface area (Å²) in [4.78, 5) is 43.4. The smallest absolute Gasteiger partial charge is 0.249 e. The van der Waals surface area contributed by atoms with E-state index in [1.165, 1.54) is 9.80 Å². The predicted octanol–water partition coefficient (Wildman–Crippen LogP) is 3.18. The first-order chi connectivity index (χ1) is 19.9. The molecule has 3 aromatic carbocycles. The molecule has 0 spiro atoms. The van der Waals surface area contributed by atoms with Crippen molar-refractivity contribution in [2.75, 3.05) is 40.9 Å². The Bertz CT molecular complexity index is 1310. The number of rotatable bonds is 12. The summed E-state index contributed by atoms with van der Waals surface area (Å²) in [5.74, 6) is -0.827. The third kappa shape index (κ3) is 8.15. The Balaban J connectivity index is 1.54. The summed E-state index contributed by atoms with van der Waals surface area (Å²) < 4.78 is 5.79. The fraction of sp³-hybridized carbons (Fsp3) is 0.424. The maximum Gasteiger partial charge on any atom is 0.249 e. The predicted molar refractivity (Wildman–Crippen MR) is 161 cm³/mol. The van der Waals surface area contributed by atoms with Gasteiger partial charge in [-0.3, -0.25) is 14.4 Å². The van der Waals surface area contributed by atoms with Crippen molar-refractivity contribution >= 4 is 28.5 Å². The molecule has 3 atom stereocenters. The standard InChI is InChI=1S/C33H42N4O4/c1-34-32(39)29(20-24-11-5-4-6-12-24)37(3)33(40)30(21-25-16-17-26-13-7-8-14-27(26)19-25)36(2)31(38)23-41-22-28-15-9-10-18-35-28/h4-8,11-14,16-17,19,28-30,35H,9-10,15,18,20-23H2,1-3H3,(H,34,39)/t28?,29-,30+/m1/s1. The zero-order valence-electron chi connectivity index (χ0n) is 24.3. The molecule has 0 saturated carbocycles. The van der Waals surface area contributed by atoms with Crippen LogP contribution in [0, 0.1) is 0 Å². The van der Waals surface area contributed by atoms with Crippen LogP contribution >= 0.6 is 0 Å². The molecule has 0 aliphatic carbocycles. The van der Waals surface area contributed by atoms with Crippen LogP contribution in [0.5, 0.6) is 0 Å². The van der Waals surface area contributed by atoms with E-state index in [1.807, 2.05) is 66.7 Å². The molecular formula is C33H42N4O4. The van der Waals surface area contributed by atoms with Crippen LogP contribution in [0.25, 0.3) is 10.8 Å². The number of likely N-dealkylation sites (N-methyl/N-ethyl adjacent to an activating group) is 3. The molecule has 8 nitrogen and oxygen atoms in total. The first-order valence-electron chi connectivity index (χ1n) is 14.4. The fourth-order valence-electron chi connectivity index (χ4n) is 5.41. The summed E-state index contributed by atoms with van der Waals surface area (Å²) in [7, 11) is 4.86. The number of carbonyl (C=O) groups excluding carboxylic acids is 3. The lowest BCUT2D eigenvalue weighted by Gasteiger charge is -2.34. The third-order valence-corrected chi connectivity index (χ3v) is 7.98. The van der Waals surface area contributed by atoms with Gasteiger partial charge in [0, 0.05) is 40.0 Å². The zero-order chi connectivity index (χ0) is 29.2. The number of amides is 3. The molecule has 0 bridgehead atoms. The molecule has 0 radical (unpaired) electrons. The second-order valence-corrected chi connectivity index (χ2v) is 10.8. The van der Waals surface area contributed by atoms with E-state index < -0.39 is 12.1 Å². The van der Waals surface area contributed by atoms with Crippen LogP contribution in [0.1, 0.15) is 30.4 Å². The van der Waals surface area contributed by atoms with Crippen molar-refractivity contribution in [3.05, 3.63) is 83.9 Å². The van der Waals surface area contributed by atoms with Crippen LogP contribution in [0.4, 0.5) is 0 Å².